The summed E-state index contributed by atoms with van der Waals surface area (Å²) in [5, 5.41) is 0. The molecule has 0 heterocycles. The van der Waals surface area contributed by atoms with Gasteiger partial charge in [-0.25, -0.2) is 0 Å². The van der Waals surface area contributed by atoms with E-state index in [9.17, 15) is 0 Å². The van der Waals surface area contributed by atoms with Crippen LogP contribution in [0, 0.1) is 0 Å². The minimum atomic E-state index is 0. The molecule has 0 aliphatic heterocycles. The van der Waals surface area contributed by atoms with Crippen molar-refractivity contribution in [1.29, 1.82) is 0 Å². The van der Waals surface area contributed by atoms with E-state index in [0.717, 1.165) is 0 Å². The minimum absolute atomic E-state index is 0. The van der Waals surface area contributed by atoms with Gasteiger partial charge in [0.25, 0.3) is 0 Å². The van der Waals surface area contributed by atoms with Gasteiger partial charge < -0.3 is 16.9 Å². The molecule has 0 aliphatic rings. The van der Waals surface area contributed by atoms with Crippen LogP contribution >= 0.6 is 0 Å². The summed E-state index contributed by atoms with van der Waals surface area (Å²) in [7, 11) is 0. The van der Waals surface area contributed by atoms with Gasteiger partial charge in [-0.15, -0.1) is 0 Å². The molecule has 0 spiro atoms. The van der Waals surface area contributed by atoms with Gasteiger partial charge in [0, 0.05) is 0 Å². The number of nitrogens with zero attached hydrogens (tertiary/aromatic N) is 1. The second kappa shape index (κ2) is 14.7. The summed E-state index contributed by atoms with van der Waals surface area (Å²) in [6.07, 6.45) is 12.5. The number of quaternary nitrogens is 1. The lowest BCUT2D eigenvalue weighted by molar-refractivity contribution is -0.929. The van der Waals surface area contributed by atoms with Crippen LogP contribution in [-0.2, 0) is 0 Å². The highest BCUT2D eigenvalue weighted by atomic mass is 35.5. The van der Waals surface area contributed by atoms with Crippen LogP contribution in [0.4, 0.5) is 0 Å². The van der Waals surface area contributed by atoms with Gasteiger partial charge in [-0.3, -0.25) is 0 Å². The molecule has 0 aromatic carbocycles. The maximum Gasteiger partial charge on any atom is 0.0786 e. The van der Waals surface area contributed by atoms with Crippen molar-refractivity contribution in [2.24, 2.45) is 0 Å². The van der Waals surface area contributed by atoms with Gasteiger partial charge in [0.15, 0.2) is 0 Å². The molecule has 118 valence electrons. The third kappa shape index (κ3) is 10.7. The second-order valence-corrected chi connectivity index (χ2v) is 6.00. The van der Waals surface area contributed by atoms with Crippen molar-refractivity contribution < 1.29 is 16.9 Å². The van der Waals surface area contributed by atoms with E-state index in [1.54, 1.807) is 0 Å². The van der Waals surface area contributed by atoms with E-state index in [2.05, 4.69) is 27.7 Å². The molecule has 0 aromatic rings. The highest BCUT2D eigenvalue weighted by Crippen LogP contribution is 2.16. The first-order valence-corrected chi connectivity index (χ1v) is 8.59. The van der Waals surface area contributed by atoms with Crippen LogP contribution in [0.15, 0.2) is 0 Å². The van der Waals surface area contributed by atoms with Gasteiger partial charge in [0.1, 0.15) is 0 Å². The van der Waals surface area contributed by atoms with Gasteiger partial charge in [-0.1, -0.05) is 47.0 Å². The smallest absolute Gasteiger partial charge is 0.0786 e. The van der Waals surface area contributed by atoms with Crippen molar-refractivity contribution in [3.05, 3.63) is 0 Å². The number of hydrogen-bond acceptors (Lipinski definition) is 0. The Kier molecular flexibility index (Phi) is 16.6. The van der Waals surface area contributed by atoms with Gasteiger partial charge in [-0.05, 0) is 38.5 Å². The molecule has 0 saturated carbocycles. The van der Waals surface area contributed by atoms with Crippen molar-refractivity contribution in [2.45, 2.75) is 85.5 Å². The predicted molar refractivity (Wildman–Crippen MR) is 84.0 cm³/mol. The van der Waals surface area contributed by atoms with E-state index in [0.29, 0.717) is 0 Å². The summed E-state index contributed by atoms with van der Waals surface area (Å²) >= 11 is 0. The SMILES string of the molecule is CCCCC[N+](CCC)(CCCC)CCCCC.[Cl-]. The number of unbranched alkanes of at least 4 members (excludes halogenated alkanes) is 5. The van der Waals surface area contributed by atoms with Crippen LogP contribution in [0.25, 0.3) is 0 Å². The van der Waals surface area contributed by atoms with Gasteiger partial charge in [-0.2, -0.15) is 0 Å². The van der Waals surface area contributed by atoms with Gasteiger partial charge >= 0.3 is 0 Å². The fourth-order valence-electron chi connectivity index (χ4n) is 3.03. The minimum Gasteiger partial charge on any atom is -1.00 e. The largest absolute Gasteiger partial charge is 1.00 e. The van der Waals surface area contributed by atoms with E-state index in [-0.39, 0.29) is 12.4 Å². The molecule has 2 heteroatoms. The number of halogens is 1. The molecular formula is C17H38ClN. The van der Waals surface area contributed by atoms with Crippen molar-refractivity contribution in [1.82, 2.24) is 0 Å². The molecule has 1 nitrogen and oxygen atoms in total. The van der Waals surface area contributed by atoms with Crippen LogP contribution in [0.2, 0.25) is 0 Å². The Hall–Kier alpha value is 0.250. The monoisotopic (exact) mass is 291 g/mol. The lowest BCUT2D eigenvalue weighted by atomic mass is 10.1. The topological polar surface area (TPSA) is 0 Å². The highest BCUT2D eigenvalue weighted by Gasteiger charge is 2.24. The third-order valence-electron chi connectivity index (χ3n) is 4.16. The molecular weight excluding hydrogens is 254 g/mol. The van der Waals surface area contributed by atoms with Crippen molar-refractivity contribution in [3.63, 3.8) is 0 Å². The van der Waals surface area contributed by atoms with Crippen LogP contribution in [0.3, 0.4) is 0 Å². The first-order valence-electron chi connectivity index (χ1n) is 8.59. The summed E-state index contributed by atoms with van der Waals surface area (Å²) < 4.78 is 1.42. The Bertz CT molecular complexity index is 161. The van der Waals surface area contributed by atoms with Crippen molar-refractivity contribution >= 4 is 0 Å². The molecule has 0 aromatic heterocycles. The highest BCUT2D eigenvalue weighted by molar-refractivity contribution is 4.49. The summed E-state index contributed by atoms with van der Waals surface area (Å²) in [6.45, 7) is 15.0. The molecule has 0 N–H and O–H groups in total. The fourth-order valence-corrected chi connectivity index (χ4v) is 3.03. The van der Waals surface area contributed by atoms with E-state index in [4.69, 9.17) is 0 Å². The Morgan fingerprint density at radius 2 is 0.895 bits per heavy atom. The lowest BCUT2D eigenvalue weighted by Crippen LogP contribution is -3.00. The van der Waals surface area contributed by atoms with E-state index in [1.807, 2.05) is 0 Å². The normalized spacial score (nSPS) is 11.4. The Morgan fingerprint density at radius 3 is 1.26 bits per heavy atom. The Labute approximate surface area is 129 Å². The van der Waals surface area contributed by atoms with Crippen molar-refractivity contribution in [3.8, 4) is 0 Å². The molecule has 0 fully saturated rings. The first-order chi connectivity index (χ1) is 8.74. The first kappa shape index (κ1) is 21.5. The Balaban J connectivity index is 0. The van der Waals surface area contributed by atoms with Crippen LogP contribution in [-0.4, -0.2) is 30.7 Å². The molecule has 0 radical (unpaired) electrons. The van der Waals surface area contributed by atoms with Crippen LogP contribution in [0.5, 0.6) is 0 Å². The summed E-state index contributed by atoms with van der Waals surface area (Å²) in [6, 6.07) is 0. The summed E-state index contributed by atoms with van der Waals surface area (Å²) in [4.78, 5) is 0. The van der Waals surface area contributed by atoms with E-state index in [1.165, 1.54) is 88.4 Å². The molecule has 19 heavy (non-hydrogen) atoms. The molecule has 0 bridgehead atoms. The molecule has 0 aliphatic carbocycles. The summed E-state index contributed by atoms with van der Waals surface area (Å²) in [5.74, 6) is 0. The molecule has 0 unspecified atom stereocenters. The van der Waals surface area contributed by atoms with E-state index >= 15 is 0 Å². The molecule has 0 amide bonds. The quantitative estimate of drug-likeness (QED) is 0.361. The zero-order chi connectivity index (χ0) is 13.7. The maximum absolute atomic E-state index is 2.36. The predicted octanol–water partition coefficient (Wildman–Crippen LogP) is 2.40. The second-order valence-electron chi connectivity index (χ2n) is 6.00. The molecule has 0 atom stereocenters. The lowest BCUT2D eigenvalue weighted by Gasteiger charge is -2.39. The number of hydrogen-bond donors (Lipinski definition) is 0. The zero-order valence-electron chi connectivity index (χ0n) is 14.0. The fraction of sp³-hybridized carbons (Fsp3) is 1.00. The zero-order valence-corrected chi connectivity index (χ0v) is 14.8. The van der Waals surface area contributed by atoms with Crippen LogP contribution in [0.1, 0.15) is 85.5 Å². The van der Waals surface area contributed by atoms with Gasteiger partial charge in [0.2, 0.25) is 0 Å². The van der Waals surface area contributed by atoms with Crippen molar-refractivity contribution in [2.75, 3.05) is 26.2 Å². The summed E-state index contributed by atoms with van der Waals surface area (Å²) in [5.41, 5.74) is 0. The number of rotatable bonds is 13. The van der Waals surface area contributed by atoms with Gasteiger partial charge in [0.05, 0.1) is 26.2 Å². The average Bonchev–Trinajstić information content (AvgIpc) is 2.37. The Morgan fingerprint density at radius 1 is 0.474 bits per heavy atom. The standard InChI is InChI=1S/C17H38N.ClH/c1-5-9-12-16-18(14-8-4,15-11-7-3)17-13-10-6-2;/h5-17H2,1-4H3;1H/q+1;/p-1. The molecule has 0 saturated heterocycles. The average molecular weight is 292 g/mol. The third-order valence-corrected chi connectivity index (χ3v) is 4.16. The van der Waals surface area contributed by atoms with E-state index < -0.39 is 0 Å². The van der Waals surface area contributed by atoms with Crippen LogP contribution < -0.4 is 12.4 Å². The maximum atomic E-state index is 2.36. The molecule has 0 rings (SSSR count).